The maximum Gasteiger partial charge on any atom is 0.151 e. The van der Waals surface area contributed by atoms with Crippen LogP contribution in [-0.2, 0) is 6.54 Å². The Bertz CT molecular complexity index is 366. The smallest absolute Gasteiger partial charge is 0.151 e. The zero-order valence-corrected chi connectivity index (χ0v) is 12.3. The Kier molecular flexibility index (Phi) is 4.45. The second-order valence-electron chi connectivity index (χ2n) is 5.59. The van der Waals surface area contributed by atoms with Crippen molar-refractivity contribution in [1.82, 2.24) is 15.5 Å². The summed E-state index contributed by atoms with van der Waals surface area (Å²) in [4.78, 5) is 2.31. The fraction of sp³-hybridized carbons (Fsp3) is 0.692. The van der Waals surface area contributed by atoms with Crippen molar-refractivity contribution in [3.63, 3.8) is 0 Å². The molecule has 2 heterocycles. The van der Waals surface area contributed by atoms with Crippen LogP contribution < -0.4 is 10.2 Å². The third kappa shape index (κ3) is 4.14. The standard InChI is InChI=1S/C13H22N4S/c1-13(2,3)14-10-11-4-5-12(16-15-11)17-6-8-18-9-7-17/h4-5,14H,6-10H2,1-3H3. The first-order valence-corrected chi connectivity index (χ1v) is 7.60. The highest BCUT2D eigenvalue weighted by molar-refractivity contribution is 7.99. The lowest BCUT2D eigenvalue weighted by Crippen LogP contribution is -2.35. The Morgan fingerprint density at radius 3 is 2.50 bits per heavy atom. The summed E-state index contributed by atoms with van der Waals surface area (Å²) in [7, 11) is 0. The molecule has 1 aliphatic heterocycles. The maximum absolute atomic E-state index is 4.33. The zero-order chi connectivity index (χ0) is 13.0. The van der Waals surface area contributed by atoms with E-state index in [1.165, 1.54) is 11.5 Å². The minimum absolute atomic E-state index is 0.116. The molecule has 1 aromatic heterocycles. The molecule has 0 radical (unpaired) electrons. The first kappa shape index (κ1) is 13.6. The van der Waals surface area contributed by atoms with E-state index in [0.29, 0.717) is 0 Å². The van der Waals surface area contributed by atoms with Gasteiger partial charge in [0.1, 0.15) is 0 Å². The molecule has 18 heavy (non-hydrogen) atoms. The molecule has 0 aromatic carbocycles. The van der Waals surface area contributed by atoms with Gasteiger partial charge in [-0.3, -0.25) is 0 Å². The molecule has 0 spiro atoms. The van der Waals surface area contributed by atoms with E-state index < -0.39 is 0 Å². The van der Waals surface area contributed by atoms with Gasteiger partial charge in [0.05, 0.1) is 5.69 Å². The molecule has 0 aliphatic carbocycles. The summed E-state index contributed by atoms with van der Waals surface area (Å²) in [6, 6.07) is 4.16. The number of hydrogen-bond acceptors (Lipinski definition) is 5. The molecular formula is C13H22N4S. The molecule has 0 bridgehead atoms. The monoisotopic (exact) mass is 266 g/mol. The second-order valence-corrected chi connectivity index (χ2v) is 6.81. The molecule has 0 saturated carbocycles. The predicted octanol–water partition coefficient (Wildman–Crippen LogP) is 1.92. The summed E-state index contributed by atoms with van der Waals surface area (Å²) in [5.74, 6) is 3.39. The quantitative estimate of drug-likeness (QED) is 0.905. The van der Waals surface area contributed by atoms with Crippen molar-refractivity contribution < 1.29 is 0 Å². The van der Waals surface area contributed by atoms with Crippen LogP contribution in [0.2, 0.25) is 0 Å². The van der Waals surface area contributed by atoms with Crippen LogP contribution in [0.25, 0.3) is 0 Å². The van der Waals surface area contributed by atoms with Gasteiger partial charge in [0.25, 0.3) is 0 Å². The largest absolute Gasteiger partial charge is 0.353 e. The molecule has 1 aromatic rings. The topological polar surface area (TPSA) is 41.0 Å². The molecule has 0 unspecified atom stereocenters. The fourth-order valence-electron chi connectivity index (χ4n) is 1.76. The maximum atomic E-state index is 4.33. The third-order valence-electron chi connectivity index (χ3n) is 2.84. The van der Waals surface area contributed by atoms with Crippen molar-refractivity contribution in [2.24, 2.45) is 0 Å². The first-order chi connectivity index (χ1) is 8.54. The molecule has 5 heteroatoms. The molecule has 2 rings (SSSR count). The zero-order valence-electron chi connectivity index (χ0n) is 11.4. The van der Waals surface area contributed by atoms with Crippen molar-refractivity contribution in [2.75, 3.05) is 29.5 Å². The van der Waals surface area contributed by atoms with Crippen LogP contribution in [-0.4, -0.2) is 40.3 Å². The number of hydrogen-bond donors (Lipinski definition) is 1. The molecule has 1 fully saturated rings. The number of nitrogens with one attached hydrogen (secondary N) is 1. The average molecular weight is 266 g/mol. The van der Waals surface area contributed by atoms with Crippen LogP contribution in [0.5, 0.6) is 0 Å². The summed E-state index contributed by atoms with van der Waals surface area (Å²) < 4.78 is 0. The van der Waals surface area contributed by atoms with Gasteiger partial charge >= 0.3 is 0 Å². The van der Waals surface area contributed by atoms with E-state index in [-0.39, 0.29) is 5.54 Å². The predicted molar refractivity (Wildman–Crippen MR) is 78.2 cm³/mol. The normalized spacial score (nSPS) is 16.9. The van der Waals surface area contributed by atoms with Gasteiger partial charge in [0.2, 0.25) is 0 Å². The van der Waals surface area contributed by atoms with Crippen molar-refractivity contribution in [3.05, 3.63) is 17.8 Å². The minimum atomic E-state index is 0.116. The molecule has 4 nitrogen and oxygen atoms in total. The first-order valence-electron chi connectivity index (χ1n) is 6.45. The number of aromatic nitrogens is 2. The van der Waals surface area contributed by atoms with Crippen molar-refractivity contribution in [1.29, 1.82) is 0 Å². The van der Waals surface area contributed by atoms with Gasteiger partial charge in [-0.1, -0.05) is 0 Å². The van der Waals surface area contributed by atoms with E-state index in [1.807, 2.05) is 11.8 Å². The molecule has 1 saturated heterocycles. The number of nitrogens with zero attached hydrogens (tertiary/aromatic N) is 3. The van der Waals surface area contributed by atoms with E-state index >= 15 is 0 Å². The van der Waals surface area contributed by atoms with Crippen LogP contribution >= 0.6 is 11.8 Å². The summed E-state index contributed by atoms with van der Waals surface area (Å²) in [5, 5.41) is 12.0. The third-order valence-corrected chi connectivity index (χ3v) is 3.78. The van der Waals surface area contributed by atoms with Gasteiger partial charge < -0.3 is 10.2 Å². The Morgan fingerprint density at radius 2 is 1.94 bits per heavy atom. The molecular weight excluding hydrogens is 244 g/mol. The van der Waals surface area contributed by atoms with E-state index in [0.717, 1.165) is 31.1 Å². The molecule has 0 atom stereocenters. The van der Waals surface area contributed by atoms with Gasteiger partial charge in [-0.25, -0.2) is 0 Å². The van der Waals surface area contributed by atoms with Gasteiger partial charge in [0, 0.05) is 36.7 Å². The van der Waals surface area contributed by atoms with E-state index in [4.69, 9.17) is 0 Å². The SMILES string of the molecule is CC(C)(C)NCc1ccc(N2CCSCC2)nn1. The highest BCUT2D eigenvalue weighted by Gasteiger charge is 2.13. The fourth-order valence-corrected chi connectivity index (χ4v) is 2.67. The van der Waals surface area contributed by atoms with E-state index in [2.05, 4.69) is 53.3 Å². The van der Waals surface area contributed by atoms with Gasteiger partial charge in [-0.05, 0) is 32.9 Å². The van der Waals surface area contributed by atoms with E-state index in [9.17, 15) is 0 Å². The summed E-state index contributed by atoms with van der Waals surface area (Å²) in [6.45, 7) is 9.39. The second kappa shape index (κ2) is 5.89. The van der Waals surface area contributed by atoms with Crippen LogP contribution in [0.4, 0.5) is 5.82 Å². The lowest BCUT2D eigenvalue weighted by Gasteiger charge is -2.27. The van der Waals surface area contributed by atoms with Crippen LogP contribution in [0, 0.1) is 0 Å². The Balaban J connectivity index is 1.92. The van der Waals surface area contributed by atoms with E-state index in [1.54, 1.807) is 0 Å². The Labute approximate surface area is 114 Å². The minimum Gasteiger partial charge on any atom is -0.353 e. The Morgan fingerprint density at radius 1 is 1.22 bits per heavy atom. The number of anilines is 1. The number of thioether (sulfide) groups is 1. The highest BCUT2D eigenvalue weighted by Crippen LogP contribution is 2.16. The Hall–Kier alpha value is -0.810. The average Bonchev–Trinajstić information content (AvgIpc) is 2.37. The molecule has 0 amide bonds. The highest BCUT2D eigenvalue weighted by atomic mass is 32.2. The lowest BCUT2D eigenvalue weighted by atomic mass is 10.1. The summed E-state index contributed by atoms with van der Waals surface area (Å²) >= 11 is 2.01. The lowest BCUT2D eigenvalue weighted by molar-refractivity contribution is 0.420. The van der Waals surface area contributed by atoms with Crippen LogP contribution in [0.3, 0.4) is 0 Å². The number of rotatable bonds is 3. The van der Waals surface area contributed by atoms with Gasteiger partial charge in [-0.15, -0.1) is 5.10 Å². The molecule has 1 aliphatic rings. The van der Waals surface area contributed by atoms with Gasteiger partial charge in [-0.2, -0.15) is 16.9 Å². The van der Waals surface area contributed by atoms with Crippen LogP contribution in [0.15, 0.2) is 12.1 Å². The summed E-state index contributed by atoms with van der Waals surface area (Å²) in [5.41, 5.74) is 1.12. The molecule has 100 valence electrons. The van der Waals surface area contributed by atoms with Crippen molar-refractivity contribution >= 4 is 17.6 Å². The van der Waals surface area contributed by atoms with Crippen LogP contribution in [0.1, 0.15) is 26.5 Å². The molecule has 1 N–H and O–H groups in total. The summed E-state index contributed by atoms with van der Waals surface area (Å²) in [6.07, 6.45) is 0. The van der Waals surface area contributed by atoms with Gasteiger partial charge in [0.15, 0.2) is 5.82 Å². The van der Waals surface area contributed by atoms with Crippen molar-refractivity contribution in [2.45, 2.75) is 32.9 Å². The van der Waals surface area contributed by atoms with Crippen molar-refractivity contribution in [3.8, 4) is 0 Å².